The van der Waals surface area contributed by atoms with Crippen LogP contribution in [-0.4, -0.2) is 10.4 Å². The molecule has 0 aromatic carbocycles. The third kappa shape index (κ3) is 3.36. The third-order valence-electron chi connectivity index (χ3n) is 3.18. The van der Waals surface area contributed by atoms with Crippen LogP contribution in [0.3, 0.4) is 0 Å². The Morgan fingerprint density at radius 1 is 1.43 bits per heavy atom. The first-order valence-corrected chi connectivity index (χ1v) is 8.45. The first-order valence-electron chi connectivity index (χ1n) is 6.86. The monoisotopic (exact) mass is 361 g/mol. The summed E-state index contributed by atoms with van der Waals surface area (Å²) in [5.74, 6) is 0.704. The number of aromatic nitrogens is 1. The summed E-state index contributed by atoms with van der Waals surface area (Å²) in [6.07, 6.45) is -2.71. The van der Waals surface area contributed by atoms with Crippen LogP contribution in [0.1, 0.15) is 23.1 Å². The number of furan rings is 1. The molecule has 3 aromatic rings. The summed E-state index contributed by atoms with van der Waals surface area (Å²) >= 11 is 2.13. The zero-order valence-electron chi connectivity index (χ0n) is 12.1. The molecule has 0 radical (unpaired) electrons. The fourth-order valence-electron chi connectivity index (χ4n) is 2.26. The number of thiophene rings is 1. The molecule has 0 spiro atoms. The van der Waals surface area contributed by atoms with E-state index < -0.39 is 11.7 Å². The third-order valence-corrected chi connectivity index (χ3v) is 5.34. The van der Waals surface area contributed by atoms with Crippen molar-refractivity contribution < 1.29 is 17.6 Å². The maximum atomic E-state index is 13.4. The molecule has 4 nitrogen and oxygen atoms in total. The normalized spacial score (nSPS) is 13.6. The van der Waals surface area contributed by atoms with Crippen LogP contribution in [0.2, 0.25) is 0 Å². The Morgan fingerprint density at radius 2 is 2.22 bits per heavy atom. The van der Waals surface area contributed by atoms with Crippen LogP contribution in [0, 0.1) is 0 Å². The summed E-state index contributed by atoms with van der Waals surface area (Å²) in [5.41, 5.74) is 5.03. The Labute approximate surface area is 138 Å². The lowest BCUT2D eigenvalue weighted by molar-refractivity contribution is -0.136. The molecule has 0 aliphatic carbocycles. The van der Waals surface area contributed by atoms with Gasteiger partial charge in [-0.15, -0.1) is 11.3 Å². The van der Waals surface area contributed by atoms with Gasteiger partial charge in [-0.25, -0.2) is 0 Å². The van der Waals surface area contributed by atoms with Crippen LogP contribution in [0.4, 0.5) is 18.2 Å². The van der Waals surface area contributed by atoms with Gasteiger partial charge in [0, 0.05) is 10.9 Å². The van der Waals surface area contributed by atoms with E-state index in [0.717, 1.165) is 22.9 Å². The van der Waals surface area contributed by atoms with E-state index >= 15 is 0 Å². The minimum absolute atomic E-state index is 0.00472. The lowest BCUT2D eigenvalue weighted by Crippen LogP contribution is -2.19. The van der Waals surface area contributed by atoms with Crippen molar-refractivity contribution in [3.8, 4) is 0 Å². The standard InChI is InChI=1S/C14H14F3N3OS2/c1-7(18)5-9-10(14(15,16)17)11-12(22-9)13(23-20-11)19-6-8-3-2-4-21-8/h2-4,7,19H,5-6,18H2,1H3/t7-/m0/s1. The molecule has 3 N–H and O–H groups in total. The van der Waals surface area contributed by atoms with Crippen LogP contribution < -0.4 is 11.1 Å². The van der Waals surface area contributed by atoms with E-state index in [9.17, 15) is 13.2 Å². The maximum absolute atomic E-state index is 13.4. The van der Waals surface area contributed by atoms with Crippen molar-refractivity contribution in [2.24, 2.45) is 5.73 Å². The van der Waals surface area contributed by atoms with Crippen molar-refractivity contribution in [1.29, 1.82) is 0 Å². The molecule has 1 atom stereocenters. The first-order chi connectivity index (χ1) is 10.9. The van der Waals surface area contributed by atoms with Gasteiger partial charge in [0.15, 0.2) is 0 Å². The Bertz CT molecular complexity index is 790. The van der Waals surface area contributed by atoms with Crippen LogP contribution in [0.15, 0.2) is 22.8 Å². The van der Waals surface area contributed by atoms with Crippen LogP contribution >= 0.6 is 22.9 Å². The molecule has 0 aliphatic rings. The van der Waals surface area contributed by atoms with Gasteiger partial charge in [-0.05, 0) is 37.0 Å². The van der Waals surface area contributed by atoms with Crippen molar-refractivity contribution in [1.82, 2.24) is 4.37 Å². The summed E-state index contributed by atoms with van der Waals surface area (Å²) in [6, 6.07) is 3.21. The molecule has 0 unspecified atom stereocenters. The number of nitrogens with zero attached hydrogens (tertiary/aromatic N) is 1. The number of hydrogen-bond donors (Lipinski definition) is 2. The Morgan fingerprint density at radius 3 is 2.83 bits per heavy atom. The number of alkyl halides is 3. The van der Waals surface area contributed by atoms with Gasteiger partial charge in [-0.2, -0.15) is 17.5 Å². The minimum atomic E-state index is -4.44. The number of fused-ring (bicyclic) bond motifs is 1. The van der Waals surface area contributed by atoms with E-state index in [2.05, 4.69) is 9.69 Å². The van der Waals surface area contributed by atoms with Crippen molar-refractivity contribution >= 4 is 38.1 Å². The highest BCUT2D eigenvalue weighted by molar-refractivity contribution is 7.24. The molecule has 23 heavy (non-hydrogen) atoms. The van der Waals surface area contributed by atoms with Gasteiger partial charge in [0.2, 0.25) is 0 Å². The Balaban J connectivity index is 1.97. The predicted molar refractivity (Wildman–Crippen MR) is 85.9 cm³/mol. The number of halogens is 3. The van der Waals surface area contributed by atoms with Crippen LogP contribution in [0.25, 0.3) is 10.2 Å². The SMILES string of the molecule is C[C@H](N)Cc1sc2c(NCc3ccco3)snc2c1C(F)(F)F. The molecular weight excluding hydrogens is 347 g/mol. The molecule has 0 amide bonds. The zero-order valence-corrected chi connectivity index (χ0v) is 13.7. The van der Waals surface area contributed by atoms with E-state index in [1.165, 1.54) is 0 Å². The summed E-state index contributed by atoms with van der Waals surface area (Å²) in [5, 5.41) is 3.70. The van der Waals surface area contributed by atoms with Crippen molar-refractivity contribution in [3.05, 3.63) is 34.6 Å². The fraction of sp³-hybridized carbons (Fsp3) is 0.357. The van der Waals surface area contributed by atoms with Gasteiger partial charge in [-0.3, -0.25) is 0 Å². The van der Waals surface area contributed by atoms with E-state index in [1.807, 2.05) is 0 Å². The second kappa shape index (κ2) is 6.14. The number of hydrogen-bond acceptors (Lipinski definition) is 6. The van der Waals surface area contributed by atoms with Gasteiger partial charge in [0.1, 0.15) is 16.3 Å². The zero-order chi connectivity index (χ0) is 16.6. The lowest BCUT2D eigenvalue weighted by Gasteiger charge is -2.09. The summed E-state index contributed by atoms with van der Waals surface area (Å²) in [4.78, 5) is 0.235. The number of rotatable bonds is 5. The second-order valence-electron chi connectivity index (χ2n) is 5.20. The number of anilines is 1. The molecule has 3 rings (SSSR count). The minimum Gasteiger partial charge on any atom is -0.467 e. The van der Waals surface area contributed by atoms with E-state index in [4.69, 9.17) is 10.2 Å². The van der Waals surface area contributed by atoms with E-state index in [-0.39, 0.29) is 22.9 Å². The molecule has 124 valence electrons. The molecular formula is C14H14F3N3OS2. The summed E-state index contributed by atoms with van der Waals surface area (Å²) in [6.45, 7) is 2.09. The molecule has 0 fully saturated rings. The predicted octanol–water partition coefficient (Wildman–Crippen LogP) is 4.47. The summed E-state index contributed by atoms with van der Waals surface area (Å²) in [7, 11) is 0. The highest BCUT2D eigenvalue weighted by Crippen LogP contribution is 2.46. The Kier molecular flexibility index (Phi) is 4.35. The van der Waals surface area contributed by atoms with Crippen molar-refractivity contribution in [2.45, 2.75) is 32.1 Å². The lowest BCUT2D eigenvalue weighted by atomic mass is 10.1. The average molecular weight is 361 g/mol. The summed E-state index contributed by atoms with van der Waals surface area (Å²) < 4.78 is 49.9. The van der Waals surface area contributed by atoms with Gasteiger partial charge < -0.3 is 15.5 Å². The molecule has 0 saturated heterocycles. The van der Waals surface area contributed by atoms with Crippen LogP contribution in [-0.2, 0) is 19.1 Å². The molecule has 0 aliphatic heterocycles. The van der Waals surface area contributed by atoms with E-state index in [1.54, 1.807) is 25.3 Å². The average Bonchev–Trinajstić information content (AvgIpc) is 3.10. The topological polar surface area (TPSA) is 64.1 Å². The first kappa shape index (κ1) is 16.3. The largest absolute Gasteiger partial charge is 0.467 e. The smallest absolute Gasteiger partial charge is 0.419 e. The van der Waals surface area contributed by atoms with Crippen molar-refractivity contribution in [2.75, 3.05) is 5.32 Å². The van der Waals surface area contributed by atoms with Gasteiger partial charge in [0.05, 0.1) is 23.1 Å². The molecule has 0 saturated carbocycles. The molecule has 3 heterocycles. The van der Waals surface area contributed by atoms with E-state index in [0.29, 0.717) is 22.0 Å². The van der Waals surface area contributed by atoms with Crippen LogP contribution in [0.5, 0.6) is 0 Å². The van der Waals surface area contributed by atoms with Gasteiger partial charge in [-0.1, -0.05) is 0 Å². The fourth-order valence-corrected chi connectivity index (χ4v) is 4.56. The molecule has 0 bridgehead atoms. The maximum Gasteiger partial charge on any atom is 0.419 e. The second-order valence-corrected chi connectivity index (χ2v) is 7.08. The highest BCUT2D eigenvalue weighted by atomic mass is 32.1. The van der Waals surface area contributed by atoms with Gasteiger partial charge in [0.25, 0.3) is 0 Å². The molecule has 3 aromatic heterocycles. The highest BCUT2D eigenvalue weighted by Gasteiger charge is 2.39. The van der Waals surface area contributed by atoms with Gasteiger partial charge >= 0.3 is 6.18 Å². The molecule has 9 heteroatoms. The quantitative estimate of drug-likeness (QED) is 0.704. The number of nitrogens with two attached hydrogens (primary N) is 1. The Hall–Kier alpha value is -1.58. The number of nitrogens with one attached hydrogen (secondary N) is 1. The van der Waals surface area contributed by atoms with Crippen molar-refractivity contribution in [3.63, 3.8) is 0 Å².